The minimum Gasteiger partial charge on any atom is -0.322 e. The summed E-state index contributed by atoms with van der Waals surface area (Å²) in [5.41, 5.74) is 3.55. The summed E-state index contributed by atoms with van der Waals surface area (Å²) in [6, 6.07) is 13.9. The molecule has 154 valence electrons. The first-order valence-corrected chi connectivity index (χ1v) is 9.60. The van der Waals surface area contributed by atoms with Crippen molar-refractivity contribution in [2.45, 2.75) is 25.7 Å². The van der Waals surface area contributed by atoms with Crippen LogP contribution in [0.2, 0.25) is 0 Å². The van der Waals surface area contributed by atoms with Gasteiger partial charge in [-0.1, -0.05) is 12.1 Å². The molecule has 0 radical (unpaired) electrons. The monoisotopic (exact) mass is 411 g/mol. The maximum atomic E-state index is 12.7. The van der Waals surface area contributed by atoms with Gasteiger partial charge in [-0.3, -0.25) is 14.7 Å². The molecule has 2 heterocycles. The summed E-state index contributed by atoms with van der Waals surface area (Å²) in [5, 5.41) is 2.78. The predicted octanol–water partition coefficient (Wildman–Crippen LogP) is 4.91. The Balaban J connectivity index is 1.44. The Morgan fingerprint density at radius 2 is 1.87 bits per heavy atom. The second-order valence-corrected chi connectivity index (χ2v) is 7.33. The highest BCUT2D eigenvalue weighted by molar-refractivity contribution is 6.04. The van der Waals surface area contributed by atoms with Crippen molar-refractivity contribution in [2.75, 3.05) is 11.9 Å². The predicted molar refractivity (Wildman–Crippen MR) is 108 cm³/mol. The summed E-state index contributed by atoms with van der Waals surface area (Å²) < 4.78 is 38.1. The van der Waals surface area contributed by atoms with Crippen LogP contribution in [0.15, 0.2) is 67.0 Å². The van der Waals surface area contributed by atoms with Crippen molar-refractivity contribution in [1.29, 1.82) is 0 Å². The quantitative estimate of drug-likeness (QED) is 0.664. The van der Waals surface area contributed by atoms with Gasteiger partial charge in [-0.25, -0.2) is 0 Å². The number of anilines is 1. The SMILES string of the molecule is O=C(Nc1ccc2c(c1)CN(Cc1cccnc1)CC2)c1ccc(C(F)(F)F)cc1. The fraction of sp³-hybridized carbons (Fsp3) is 0.217. The van der Waals surface area contributed by atoms with Gasteiger partial charge in [-0.2, -0.15) is 13.2 Å². The lowest BCUT2D eigenvalue weighted by atomic mass is 9.98. The lowest BCUT2D eigenvalue weighted by Gasteiger charge is -2.29. The van der Waals surface area contributed by atoms with E-state index in [0.717, 1.165) is 49.3 Å². The second-order valence-electron chi connectivity index (χ2n) is 7.33. The lowest BCUT2D eigenvalue weighted by molar-refractivity contribution is -0.137. The molecule has 7 heteroatoms. The number of carbonyl (C=O) groups excluding carboxylic acids is 1. The number of alkyl halides is 3. The third-order valence-electron chi connectivity index (χ3n) is 5.16. The molecule has 1 N–H and O–H groups in total. The molecular formula is C23H20F3N3O. The first kappa shape index (κ1) is 20.1. The molecule has 1 aliphatic heterocycles. The standard InChI is InChI=1S/C23H20F3N3O/c24-23(25,26)20-6-3-18(4-7-20)22(30)28-21-8-5-17-9-11-29(15-19(17)12-21)14-16-2-1-10-27-13-16/h1-8,10,12-13H,9,11,14-15H2,(H,28,30). The maximum Gasteiger partial charge on any atom is 0.416 e. The van der Waals surface area contributed by atoms with Crippen LogP contribution in [0.5, 0.6) is 0 Å². The number of hydrogen-bond acceptors (Lipinski definition) is 3. The average Bonchev–Trinajstić information content (AvgIpc) is 2.74. The van der Waals surface area contributed by atoms with E-state index in [0.29, 0.717) is 5.69 Å². The van der Waals surface area contributed by atoms with Gasteiger partial charge in [-0.15, -0.1) is 0 Å². The van der Waals surface area contributed by atoms with Crippen molar-refractivity contribution in [2.24, 2.45) is 0 Å². The number of amides is 1. The van der Waals surface area contributed by atoms with Crippen LogP contribution < -0.4 is 5.32 Å². The van der Waals surface area contributed by atoms with Crippen molar-refractivity contribution in [3.05, 3.63) is 94.8 Å². The molecule has 0 bridgehead atoms. The van der Waals surface area contributed by atoms with Crippen LogP contribution >= 0.6 is 0 Å². The molecule has 0 aliphatic carbocycles. The van der Waals surface area contributed by atoms with Crippen LogP contribution in [0, 0.1) is 0 Å². The maximum absolute atomic E-state index is 12.7. The molecule has 0 fully saturated rings. The van der Waals surface area contributed by atoms with E-state index >= 15 is 0 Å². The molecule has 1 aromatic heterocycles. The van der Waals surface area contributed by atoms with E-state index < -0.39 is 17.6 Å². The molecule has 30 heavy (non-hydrogen) atoms. The number of hydrogen-bond donors (Lipinski definition) is 1. The number of halogens is 3. The van der Waals surface area contributed by atoms with Crippen molar-refractivity contribution in [3.8, 4) is 0 Å². The molecule has 0 saturated carbocycles. The summed E-state index contributed by atoms with van der Waals surface area (Å²) in [7, 11) is 0. The minimum atomic E-state index is -4.42. The Bertz CT molecular complexity index is 1030. The topological polar surface area (TPSA) is 45.2 Å². The first-order chi connectivity index (χ1) is 14.4. The summed E-state index contributed by atoms with van der Waals surface area (Å²) in [6.07, 6.45) is 0.106. The van der Waals surface area contributed by atoms with E-state index in [1.807, 2.05) is 36.5 Å². The van der Waals surface area contributed by atoms with Crippen LogP contribution in [0.4, 0.5) is 18.9 Å². The molecule has 4 rings (SSSR count). The zero-order valence-corrected chi connectivity index (χ0v) is 16.1. The fourth-order valence-electron chi connectivity index (χ4n) is 3.59. The molecular weight excluding hydrogens is 391 g/mol. The van der Waals surface area contributed by atoms with Crippen molar-refractivity contribution in [1.82, 2.24) is 9.88 Å². The highest BCUT2D eigenvalue weighted by Gasteiger charge is 2.30. The number of benzene rings is 2. The van der Waals surface area contributed by atoms with Crippen LogP contribution in [-0.4, -0.2) is 22.3 Å². The number of rotatable bonds is 4. The summed E-state index contributed by atoms with van der Waals surface area (Å²) in [4.78, 5) is 18.9. The van der Waals surface area contributed by atoms with Gasteiger partial charge in [0.25, 0.3) is 5.91 Å². The van der Waals surface area contributed by atoms with Crippen LogP contribution in [0.3, 0.4) is 0 Å². The molecule has 0 unspecified atom stereocenters. The highest BCUT2D eigenvalue weighted by Crippen LogP contribution is 2.29. The summed E-state index contributed by atoms with van der Waals surface area (Å²) in [6.45, 7) is 2.50. The van der Waals surface area contributed by atoms with Crippen molar-refractivity contribution >= 4 is 11.6 Å². The molecule has 4 nitrogen and oxygen atoms in total. The van der Waals surface area contributed by atoms with Crippen LogP contribution in [0.1, 0.15) is 32.6 Å². The zero-order valence-electron chi connectivity index (χ0n) is 16.1. The van der Waals surface area contributed by atoms with Gasteiger partial charge in [-0.05, 0) is 65.6 Å². The second kappa shape index (κ2) is 8.28. The van der Waals surface area contributed by atoms with Gasteiger partial charge in [0.1, 0.15) is 0 Å². The van der Waals surface area contributed by atoms with Crippen LogP contribution in [0.25, 0.3) is 0 Å². The van der Waals surface area contributed by atoms with E-state index in [1.54, 1.807) is 6.20 Å². The Morgan fingerprint density at radius 3 is 2.57 bits per heavy atom. The van der Waals surface area contributed by atoms with E-state index in [4.69, 9.17) is 0 Å². The third kappa shape index (κ3) is 4.68. The Kier molecular flexibility index (Phi) is 5.55. The third-order valence-corrected chi connectivity index (χ3v) is 5.16. The molecule has 0 spiro atoms. The average molecular weight is 411 g/mol. The largest absolute Gasteiger partial charge is 0.416 e. The molecule has 0 atom stereocenters. The Hall–Kier alpha value is -3.19. The van der Waals surface area contributed by atoms with Crippen molar-refractivity contribution < 1.29 is 18.0 Å². The molecule has 1 amide bonds. The number of nitrogens with one attached hydrogen (secondary N) is 1. The van der Waals surface area contributed by atoms with Gasteiger partial charge in [0.2, 0.25) is 0 Å². The number of carbonyl (C=O) groups is 1. The number of nitrogens with zero attached hydrogens (tertiary/aromatic N) is 2. The summed E-state index contributed by atoms with van der Waals surface area (Å²) >= 11 is 0. The molecule has 2 aromatic carbocycles. The lowest BCUT2D eigenvalue weighted by Crippen LogP contribution is -2.30. The smallest absolute Gasteiger partial charge is 0.322 e. The minimum absolute atomic E-state index is 0.180. The van der Waals surface area contributed by atoms with Gasteiger partial charge >= 0.3 is 6.18 Å². The van der Waals surface area contributed by atoms with Crippen molar-refractivity contribution in [3.63, 3.8) is 0 Å². The van der Waals surface area contributed by atoms with Crippen LogP contribution in [-0.2, 0) is 25.7 Å². The normalized spacial score (nSPS) is 14.2. The Morgan fingerprint density at radius 1 is 1.07 bits per heavy atom. The fourth-order valence-corrected chi connectivity index (χ4v) is 3.59. The van der Waals surface area contributed by atoms with E-state index in [1.165, 1.54) is 17.7 Å². The van der Waals surface area contributed by atoms with Gasteiger partial charge in [0.15, 0.2) is 0 Å². The summed E-state index contributed by atoms with van der Waals surface area (Å²) in [5.74, 6) is -0.438. The molecule has 3 aromatic rings. The molecule has 1 aliphatic rings. The van der Waals surface area contributed by atoms with Gasteiger partial charge in [0.05, 0.1) is 5.56 Å². The number of pyridine rings is 1. The molecule has 0 saturated heterocycles. The van der Waals surface area contributed by atoms with E-state index in [2.05, 4.69) is 15.2 Å². The van der Waals surface area contributed by atoms with Gasteiger partial charge < -0.3 is 5.32 Å². The highest BCUT2D eigenvalue weighted by atomic mass is 19.4. The van der Waals surface area contributed by atoms with E-state index in [9.17, 15) is 18.0 Å². The first-order valence-electron chi connectivity index (χ1n) is 9.60. The number of fused-ring (bicyclic) bond motifs is 1. The zero-order chi connectivity index (χ0) is 21.1. The Labute approximate surface area is 172 Å². The van der Waals surface area contributed by atoms with E-state index in [-0.39, 0.29) is 5.56 Å². The number of aromatic nitrogens is 1. The van der Waals surface area contributed by atoms with Gasteiger partial charge in [0, 0.05) is 43.3 Å².